The fraction of sp³-hybridized carbons (Fsp3) is 0.600. The summed E-state index contributed by atoms with van der Waals surface area (Å²) in [6, 6.07) is 0. The summed E-state index contributed by atoms with van der Waals surface area (Å²) in [4.78, 5) is 22.3. The van der Waals surface area contributed by atoms with Gasteiger partial charge in [0.15, 0.2) is 5.78 Å². The van der Waals surface area contributed by atoms with Crippen molar-refractivity contribution in [2.75, 3.05) is 0 Å². The summed E-state index contributed by atoms with van der Waals surface area (Å²) in [5, 5.41) is 18.5. The predicted octanol–water partition coefficient (Wildman–Crippen LogP) is 4.06. The fourth-order valence-corrected chi connectivity index (χ4v) is 2.85. The summed E-state index contributed by atoms with van der Waals surface area (Å²) in [6.07, 6.45) is 16.9. The zero-order chi connectivity index (χ0) is 17.8. The van der Waals surface area contributed by atoms with E-state index in [1.165, 1.54) is 12.8 Å². The van der Waals surface area contributed by atoms with Gasteiger partial charge in [-0.25, -0.2) is 0 Å². The van der Waals surface area contributed by atoms with Gasteiger partial charge in [-0.3, -0.25) is 9.59 Å². The van der Waals surface area contributed by atoms with Crippen molar-refractivity contribution in [2.24, 2.45) is 11.8 Å². The molecule has 0 aromatic rings. The molecule has 4 heteroatoms. The molecule has 0 saturated heterocycles. The van der Waals surface area contributed by atoms with E-state index in [2.05, 4.69) is 6.92 Å². The van der Waals surface area contributed by atoms with E-state index in [4.69, 9.17) is 5.11 Å². The first kappa shape index (κ1) is 20.4. The molecule has 0 aromatic heterocycles. The maximum absolute atomic E-state index is 11.9. The smallest absolute Gasteiger partial charge is 0.303 e. The van der Waals surface area contributed by atoms with Gasteiger partial charge in [-0.2, -0.15) is 0 Å². The molecule has 0 amide bonds. The van der Waals surface area contributed by atoms with Gasteiger partial charge in [0.05, 0.1) is 6.10 Å². The molecule has 0 fully saturated rings. The summed E-state index contributed by atoms with van der Waals surface area (Å²) in [5.74, 6) is -0.519. The molecule has 3 atom stereocenters. The molecule has 0 radical (unpaired) electrons. The second-order valence-corrected chi connectivity index (χ2v) is 6.39. The van der Waals surface area contributed by atoms with Gasteiger partial charge in [0, 0.05) is 12.3 Å². The molecule has 1 aliphatic rings. The predicted molar refractivity (Wildman–Crippen MR) is 95.7 cm³/mol. The van der Waals surface area contributed by atoms with E-state index in [1.54, 1.807) is 12.2 Å². The highest BCUT2D eigenvalue weighted by atomic mass is 16.4. The molecular weight excluding hydrogens is 304 g/mol. The van der Waals surface area contributed by atoms with E-state index in [1.807, 2.05) is 24.3 Å². The van der Waals surface area contributed by atoms with Gasteiger partial charge in [-0.05, 0) is 37.7 Å². The van der Waals surface area contributed by atoms with Crippen LogP contribution >= 0.6 is 0 Å². The molecule has 0 spiro atoms. The molecule has 1 rings (SSSR count). The quantitative estimate of drug-likeness (QED) is 0.417. The van der Waals surface area contributed by atoms with Crippen molar-refractivity contribution in [2.45, 2.75) is 64.4 Å². The Bertz CT molecular complexity index is 476. The Morgan fingerprint density at radius 2 is 2.08 bits per heavy atom. The summed E-state index contributed by atoms with van der Waals surface area (Å²) >= 11 is 0. The van der Waals surface area contributed by atoms with Crippen molar-refractivity contribution in [3.05, 3.63) is 36.5 Å². The molecule has 0 heterocycles. The zero-order valence-corrected chi connectivity index (χ0v) is 14.6. The summed E-state index contributed by atoms with van der Waals surface area (Å²) < 4.78 is 0. The van der Waals surface area contributed by atoms with Crippen LogP contribution in [0.4, 0.5) is 0 Å². The van der Waals surface area contributed by atoms with Crippen molar-refractivity contribution < 1.29 is 19.8 Å². The molecule has 0 aromatic carbocycles. The minimum atomic E-state index is -0.783. The van der Waals surface area contributed by atoms with Crippen LogP contribution in [0.25, 0.3) is 0 Å². The van der Waals surface area contributed by atoms with Crippen LogP contribution in [-0.2, 0) is 9.59 Å². The van der Waals surface area contributed by atoms with Crippen LogP contribution in [0.15, 0.2) is 36.5 Å². The maximum Gasteiger partial charge on any atom is 0.303 e. The Kier molecular flexibility index (Phi) is 10.0. The third-order valence-electron chi connectivity index (χ3n) is 4.28. The molecule has 1 aliphatic carbocycles. The van der Waals surface area contributed by atoms with Gasteiger partial charge >= 0.3 is 5.97 Å². The number of carboxylic acid groups (broad SMARTS) is 1. The Morgan fingerprint density at radius 3 is 2.79 bits per heavy atom. The van der Waals surface area contributed by atoms with Crippen LogP contribution in [0.1, 0.15) is 58.3 Å². The lowest BCUT2D eigenvalue weighted by Crippen LogP contribution is -2.14. The van der Waals surface area contributed by atoms with Crippen LogP contribution in [-0.4, -0.2) is 28.1 Å². The monoisotopic (exact) mass is 334 g/mol. The number of carbonyl (C=O) groups is 2. The second kappa shape index (κ2) is 11.8. The maximum atomic E-state index is 11.9. The number of aliphatic hydroxyl groups excluding tert-OH is 1. The Balaban J connectivity index is 2.33. The van der Waals surface area contributed by atoms with E-state index in [-0.39, 0.29) is 24.0 Å². The molecule has 0 unspecified atom stereocenters. The highest BCUT2D eigenvalue weighted by Crippen LogP contribution is 2.28. The first-order valence-electron chi connectivity index (χ1n) is 8.99. The van der Waals surface area contributed by atoms with E-state index < -0.39 is 12.1 Å². The number of carboxylic acids is 1. The van der Waals surface area contributed by atoms with Crippen LogP contribution in [0, 0.1) is 11.8 Å². The van der Waals surface area contributed by atoms with E-state index in [9.17, 15) is 14.7 Å². The van der Waals surface area contributed by atoms with Crippen molar-refractivity contribution in [1.29, 1.82) is 0 Å². The van der Waals surface area contributed by atoms with E-state index in [0.29, 0.717) is 19.3 Å². The first-order chi connectivity index (χ1) is 11.5. The number of aliphatic hydroxyl groups is 1. The number of unbranched alkanes of at least 4 members (excludes halogenated alkanes) is 3. The summed E-state index contributed by atoms with van der Waals surface area (Å²) in [6.45, 7) is 2.17. The van der Waals surface area contributed by atoms with Crippen LogP contribution in [0.3, 0.4) is 0 Å². The minimum absolute atomic E-state index is 0.129. The number of ketones is 1. The number of hydrogen-bond donors (Lipinski definition) is 2. The third-order valence-corrected chi connectivity index (χ3v) is 4.28. The lowest BCUT2D eigenvalue weighted by Gasteiger charge is -2.14. The molecule has 0 bridgehead atoms. The van der Waals surface area contributed by atoms with Crippen LogP contribution in [0.2, 0.25) is 0 Å². The minimum Gasteiger partial charge on any atom is -0.481 e. The van der Waals surface area contributed by atoms with Gasteiger partial charge in [0.25, 0.3) is 0 Å². The molecule has 0 saturated carbocycles. The molecule has 134 valence electrons. The number of hydrogen-bond acceptors (Lipinski definition) is 3. The average Bonchev–Trinajstić information content (AvgIpc) is 2.89. The molecular formula is C20H30O4. The number of rotatable bonds is 12. The van der Waals surface area contributed by atoms with Crippen LogP contribution < -0.4 is 0 Å². The van der Waals surface area contributed by atoms with E-state index >= 15 is 0 Å². The lowest BCUT2D eigenvalue weighted by molar-refractivity contribution is -0.137. The van der Waals surface area contributed by atoms with Crippen molar-refractivity contribution >= 4 is 11.8 Å². The van der Waals surface area contributed by atoms with Gasteiger partial charge in [0.2, 0.25) is 0 Å². The van der Waals surface area contributed by atoms with Gasteiger partial charge < -0.3 is 10.2 Å². The number of aliphatic carboxylic acids is 1. The molecule has 0 aliphatic heterocycles. The number of allylic oxidation sites excluding steroid dienone is 4. The Morgan fingerprint density at radius 1 is 1.29 bits per heavy atom. The average molecular weight is 334 g/mol. The summed E-state index contributed by atoms with van der Waals surface area (Å²) in [7, 11) is 0. The van der Waals surface area contributed by atoms with Crippen LogP contribution in [0.5, 0.6) is 0 Å². The molecule has 2 N–H and O–H groups in total. The standard InChI is InChI=1S/C20H30O4/c1-2-3-6-9-16-12-15-19(22)18(16)14-13-17(21)10-7-4-5-8-11-20(23)24/h4,7,12-18,21H,2-3,5-6,8-11H2,1H3,(H,23,24)/b7-4-,14-13+/t16-,17+,18-/m0/s1. The normalized spacial score (nSPS) is 22.0. The molecule has 4 nitrogen and oxygen atoms in total. The van der Waals surface area contributed by atoms with Crippen molar-refractivity contribution in [1.82, 2.24) is 0 Å². The zero-order valence-electron chi connectivity index (χ0n) is 14.6. The highest BCUT2D eigenvalue weighted by molar-refractivity contribution is 5.95. The Hall–Kier alpha value is -1.68. The third kappa shape index (κ3) is 8.25. The van der Waals surface area contributed by atoms with E-state index in [0.717, 1.165) is 12.8 Å². The van der Waals surface area contributed by atoms with Crippen molar-refractivity contribution in [3.63, 3.8) is 0 Å². The summed E-state index contributed by atoms with van der Waals surface area (Å²) in [5.41, 5.74) is 0. The SMILES string of the molecule is CCCCC[C@H]1C=CC(=O)[C@H]1/C=C/[C@H](O)C/C=C\CCCC(=O)O. The lowest BCUT2D eigenvalue weighted by atomic mass is 9.89. The topological polar surface area (TPSA) is 74.6 Å². The van der Waals surface area contributed by atoms with Gasteiger partial charge in [0.1, 0.15) is 0 Å². The van der Waals surface area contributed by atoms with Gasteiger partial charge in [-0.15, -0.1) is 0 Å². The molecule has 24 heavy (non-hydrogen) atoms. The highest BCUT2D eigenvalue weighted by Gasteiger charge is 2.27. The largest absolute Gasteiger partial charge is 0.481 e. The fourth-order valence-electron chi connectivity index (χ4n) is 2.85. The first-order valence-corrected chi connectivity index (χ1v) is 8.99. The number of carbonyl (C=O) groups excluding carboxylic acids is 1. The Labute approximate surface area is 145 Å². The second-order valence-electron chi connectivity index (χ2n) is 6.39. The van der Waals surface area contributed by atoms with Crippen molar-refractivity contribution in [3.8, 4) is 0 Å². The van der Waals surface area contributed by atoms with Gasteiger partial charge in [-0.1, -0.05) is 56.6 Å².